The third-order valence-electron chi connectivity index (χ3n) is 4.86. The van der Waals surface area contributed by atoms with Crippen LogP contribution in [0.2, 0.25) is 0 Å². The van der Waals surface area contributed by atoms with Crippen LogP contribution in [0.25, 0.3) is 0 Å². The summed E-state index contributed by atoms with van der Waals surface area (Å²) in [7, 11) is 1.66. The number of amides is 2. The first-order valence-electron chi connectivity index (χ1n) is 9.24. The van der Waals surface area contributed by atoms with Crippen LogP contribution in [0.1, 0.15) is 45.1 Å². The van der Waals surface area contributed by atoms with Crippen molar-refractivity contribution >= 4 is 11.8 Å². The smallest absolute Gasteiger partial charge is 0.225 e. The maximum atomic E-state index is 12.5. The highest BCUT2D eigenvalue weighted by atomic mass is 16.5. The first-order chi connectivity index (χ1) is 12.0. The van der Waals surface area contributed by atoms with Crippen LogP contribution in [-0.2, 0) is 16.0 Å². The molecule has 1 aliphatic rings. The Morgan fingerprint density at radius 1 is 1.32 bits per heavy atom. The topological polar surface area (TPSA) is 58.6 Å². The van der Waals surface area contributed by atoms with Crippen LogP contribution in [0.15, 0.2) is 24.3 Å². The fourth-order valence-corrected chi connectivity index (χ4v) is 3.25. The Hall–Kier alpha value is -2.04. The van der Waals surface area contributed by atoms with Crippen LogP contribution < -0.4 is 10.1 Å². The summed E-state index contributed by atoms with van der Waals surface area (Å²) in [4.78, 5) is 26.2. The fraction of sp³-hybridized carbons (Fsp3) is 0.600. The number of carbonyl (C=O) groups is 2. The molecular formula is C20H30N2O3. The maximum Gasteiger partial charge on any atom is 0.225 e. The highest BCUT2D eigenvalue weighted by molar-refractivity contribution is 5.81. The van der Waals surface area contributed by atoms with Crippen LogP contribution in [0.3, 0.4) is 0 Å². The molecule has 1 saturated heterocycles. The lowest BCUT2D eigenvalue weighted by molar-refractivity contribution is -0.135. The number of ether oxygens (including phenoxy) is 1. The molecule has 0 spiro atoms. The van der Waals surface area contributed by atoms with Crippen molar-refractivity contribution in [1.82, 2.24) is 10.2 Å². The molecule has 0 radical (unpaired) electrons. The average Bonchev–Trinajstić information content (AvgIpc) is 2.66. The number of methoxy groups -OCH3 is 1. The minimum absolute atomic E-state index is 0.0762. The van der Waals surface area contributed by atoms with Crippen molar-refractivity contribution in [2.24, 2.45) is 5.92 Å². The summed E-state index contributed by atoms with van der Waals surface area (Å²) < 4.78 is 5.16. The van der Waals surface area contributed by atoms with Gasteiger partial charge in [0.1, 0.15) is 5.75 Å². The molecule has 1 aromatic carbocycles. The molecule has 1 aromatic rings. The van der Waals surface area contributed by atoms with Crippen LogP contribution in [0.5, 0.6) is 5.75 Å². The lowest BCUT2D eigenvalue weighted by Gasteiger charge is -2.32. The Morgan fingerprint density at radius 3 is 2.68 bits per heavy atom. The molecule has 1 heterocycles. The summed E-state index contributed by atoms with van der Waals surface area (Å²) in [5, 5.41) is 3.12. The van der Waals surface area contributed by atoms with Gasteiger partial charge < -0.3 is 15.0 Å². The van der Waals surface area contributed by atoms with Gasteiger partial charge in [0, 0.05) is 25.6 Å². The van der Waals surface area contributed by atoms with Gasteiger partial charge >= 0.3 is 0 Å². The molecule has 2 rings (SSSR count). The normalized spacial score (nSPS) is 18.5. The quantitative estimate of drug-likeness (QED) is 0.826. The number of carbonyl (C=O) groups excluding carboxylic acids is 2. The van der Waals surface area contributed by atoms with Gasteiger partial charge in [-0.15, -0.1) is 0 Å². The Labute approximate surface area is 150 Å². The molecule has 1 N–H and O–H groups in total. The third-order valence-corrected chi connectivity index (χ3v) is 4.86. The van der Waals surface area contributed by atoms with Crippen LogP contribution in [-0.4, -0.2) is 43.0 Å². The Morgan fingerprint density at radius 2 is 2.04 bits per heavy atom. The number of nitrogens with one attached hydrogen (secondary N) is 1. The second kappa shape index (κ2) is 9.44. The number of piperidine rings is 1. The zero-order valence-corrected chi connectivity index (χ0v) is 15.6. The summed E-state index contributed by atoms with van der Waals surface area (Å²) in [6.07, 6.45) is 4.08. The second-order valence-corrected chi connectivity index (χ2v) is 6.83. The van der Waals surface area contributed by atoms with E-state index in [4.69, 9.17) is 4.74 Å². The molecule has 0 bridgehead atoms. The summed E-state index contributed by atoms with van der Waals surface area (Å²) in [6, 6.07) is 8.15. The van der Waals surface area contributed by atoms with E-state index in [-0.39, 0.29) is 23.8 Å². The molecule has 5 nitrogen and oxygen atoms in total. The molecule has 0 unspecified atom stereocenters. The monoisotopic (exact) mass is 346 g/mol. The van der Waals surface area contributed by atoms with E-state index in [1.807, 2.05) is 30.9 Å². The lowest BCUT2D eigenvalue weighted by atomic mass is 9.96. The molecular weight excluding hydrogens is 316 g/mol. The summed E-state index contributed by atoms with van der Waals surface area (Å²) in [6.45, 7) is 5.25. The Kier molecular flexibility index (Phi) is 7.29. The lowest BCUT2D eigenvalue weighted by Crippen LogP contribution is -2.47. The number of hydrogen-bond acceptors (Lipinski definition) is 3. The minimum atomic E-state index is -0.0762. The molecule has 0 saturated carbocycles. The number of rotatable bonds is 7. The van der Waals surface area contributed by atoms with E-state index in [9.17, 15) is 9.59 Å². The van der Waals surface area contributed by atoms with Crippen LogP contribution in [0.4, 0.5) is 0 Å². The van der Waals surface area contributed by atoms with Crippen molar-refractivity contribution in [1.29, 1.82) is 0 Å². The van der Waals surface area contributed by atoms with Gasteiger partial charge in [-0.3, -0.25) is 9.59 Å². The number of nitrogens with zero attached hydrogens (tertiary/aromatic N) is 1. The van der Waals surface area contributed by atoms with Crippen molar-refractivity contribution in [2.45, 2.75) is 52.0 Å². The average molecular weight is 346 g/mol. The molecule has 2 atom stereocenters. The minimum Gasteiger partial charge on any atom is -0.497 e. The number of benzene rings is 1. The van der Waals surface area contributed by atoms with E-state index < -0.39 is 0 Å². The van der Waals surface area contributed by atoms with Crippen molar-refractivity contribution in [3.8, 4) is 5.75 Å². The van der Waals surface area contributed by atoms with Crippen LogP contribution in [0, 0.1) is 5.92 Å². The van der Waals surface area contributed by atoms with Crippen molar-refractivity contribution in [2.75, 3.05) is 20.2 Å². The molecule has 5 heteroatoms. The van der Waals surface area contributed by atoms with Gasteiger partial charge in [-0.25, -0.2) is 0 Å². The van der Waals surface area contributed by atoms with Crippen molar-refractivity contribution in [3.63, 3.8) is 0 Å². The van der Waals surface area contributed by atoms with Gasteiger partial charge in [0.25, 0.3) is 0 Å². The van der Waals surface area contributed by atoms with E-state index >= 15 is 0 Å². The Bertz CT molecular complexity index is 571. The highest BCUT2D eigenvalue weighted by Gasteiger charge is 2.28. The predicted molar refractivity (Wildman–Crippen MR) is 98.5 cm³/mol. The zero-order valence-electron chi connectivity index (χ0n) is 15.6. The number of likely N-dealkylation sites (tertiary alicyclic amines) is 1. The third kappa shape index (κ3) is 5.76. The zero-order chi connectivity index (χ0) is 18.2. The summed E-state index contributed by atoms with van der Waals surface area (Å²) in [5.74, 6) is 1.00. The van der Waals surface area contributed by atoms with Gasteiger partial charge in [0.15, 0.2) is 0 Å². The Balaban J connectivity index is 1.77. The van der Waals surface area contributed by atoms with Crippen LogP contribution >= 0.6 is 0 Å². The maximum absolute atomic E-state index is 12.5. The second-order valence-electron chi connectivity index (χ2n) is 6.83. The van der Waals surface area contributed by atoms with Gasteiger partial charge in [0.2, 0.25) is 11.8 Å². The van der Waals surface area contributed by atoms with E-state index in [1.54, 1.807) is 7.11 Å². The summed E-state index contributed by atoms with van der Waals surface area (Å²) >= 11 is 0. The molecule has 2 amide bonds. The predicted octanol–water partition coefficient (Wildman–Crippen LogP) is 2.78. The number of hydrogen-bond donors (Lipinski definition) is 1. The molecule has 0 aliphatic carbocycles. The fourth-order valence-electron chi connectivity index (χ4n) is 3.25. The SMILES string of the molecule is CCC(=O)N1CCC[C@@H](C(=O)N[C@@H](C)CCc2ccc(OC)cc2)C1. The van der Waals surface area contributed by atoms with E-state index in [0.717, 1.165) is 38.0 Å². The molecule has 138 valence electrons. The first-order valence-corrected chi connectivity index (χ1v) is 9.24. The van der Waals surface area contributed by atoms with Gasteiger partial charge in [-0.05, 0) is 50.3 Å². The van der Waals surface area contributed by atoms with Crippen molar-refractivity contribution in [3.05, 3.63) is 29.8 Å². The largest absolute Gasteiger partial charge is 0.497 e. The van der Waals surface area contributed by atoms with Gasteiger partial charge in [0.05, 0.1) is 13.0 Å². The van der Waals surface area contributed by atoms with Gasteiger partial charge in [-0.2, -0.15) is 0 Å². The van der Waals surface area contributed by atoms with E-state index in [2.05, 4.69) is 17.4 Å². The molecule has 0 aromatic heterocycles. The molecule has 1 aliphatic heterocycles. The number of aryl methyl sites for hydroxylation is 1. The van der Waals surface area contributed by atoms with E-state index in [0.29, 0.717) is 13.0 Å². The van der Waals surface area contributed by atoms with Gasteiger partial charge in [-0.1, -0.05) is 19.1 Å². The van der Waals surface area contributed by atoms with E-state index in [1.165, 1.54) is 5.56 Å². The first kappa shape index (κ1) is 19.3. The summed E-state index contributed by atoms with van der Waals surface area (Å²) in [5.41, 5.74) is 1.24. The highest BCUT2D eigenvalue weighted by Crippen LogP contribution is 2.18. The molecule has 25 heavy (non-hydrogen) atoms. The standard InChI is InChI=1S/C20H30N2O3/c1-4-19(23)22-13-5-6-17(14-22)20(24)21-15(2)7-8-16-9-11-18(25-3)12-10-16/h9-12,15,17H,4-8,13-14H2,1-3H3,(H,21,24)/t15-,17+/m0/s1. The van der Waals surface area contributed by atoms with Crippen molar-refractivity contribution < 1.29 is 14.3 Å². The molecule has 1 fully saturated rings.